The van der Waals surface area contributed by atoms with Crippen LogP contribution in [-0.4, -0.2) is 17.1 Å². The number of benzene rings is 2. The van der Waals surface area contributed by atoms with E-state index in [4.69, 9.17) is 4.74 Å². The predicted octanol–water partition coefficient (Wildman–Crippen LogP) is 4.13. The Balaban J connectivity index is 1.66. The molecule has 3 aromatic rings. The summed E-state index contributed by atoms with van der Waals surface area (Å²) in [6.45, 7) is 3.35. The molecule has 1 aliphatic rings. The quantitative estimate of drug-likeness (QED) is 0.724. The lowest BCUT2D eigenvalue weighted by Crippen LogP contribution is -2.22. The number of carbonyl (C=O) groups is 1. The van der Waals surface area contributed by atoms with Crippen molar-refractivity contribution in [3.63, 3.8) is 0 Å². The highest BCUT2D eigenvalue weighted by molar-refractivity contribution is 6.10. The third-order valence-electron chi connectivity index (χ3n) is 4.54. The number of amides is 1. The van der Waals surface area contributed by atoms with Crippen LogP contribution < -0.4 is 9.64 Å². The van der Waals surface area contributed by atoms with Gasteiger partial charge in [-0.05, 0) is 48.4 Å². The maximum atomic E-state index is 12.8. The van der Waals surface area contributed by atoms with Crippen molar-refractivity contribution < 1.29 is 9.53 Å². The summed E-state index contributed by atoms with van der Waals surface area (Å²) in [5.41, 5.74) is 3.90. The molecule has 0 unspecified atom stereocenters. The molecule has 122 valence electrons. The van der Waals surface area contributed by atoms with Crippen molar-refractivity contribution in [3.8, 4) is 5.75 Å². The molecule has 1 aromatic heterocycles. The minimum atomic E-state index is 0.0437. The molecule has 0 spiro atoms. The Kier molecular flexibility index (Phi) is 3.53. The molecule has 0 aliphatic carbocycles. The largest absolute Gasteiger partial charge is 0.494 e. The number of aromatic nitrogens is 1. The monoisotopic (exact) mass is 320 g/mol. The zero-order valence-electron chi connectivity index (χ0n) is 14.0. The fourth-order valence-electron chi connectivity index (χ4n) is 3.24. The molecule has 0 fully saturated rings. The van der Waals surface area contributed by atoms with E-state index in [9.17, 15) is 4.79 Å². The first-order valence-electron chi connectivity index (χ1n) is 8.30. The fourth-order valence-corrected chi connectivity index (χ4v) is 3.24. The molecule has 4 rings (SSSR count). The van der Waals surface area contributed by atoms with Crippen LogP contribution in [0, 0.1) is 0 Å². The van der Waals surface area contributed by atoms with E-state index in [1.54, 1.807) is 0 Å². The minimum Gasteiger partial charge on any atom is -0.494 e. The molecule has 1 amide bonds. The molecule has 0 saturated carbocycles. The summed E-state index contributed by atoms with van der Waals surface area (Å²) in [6, 6.07) is 14.0. The number of fused-ring (bicyclic) bond motifs is 2. The standard InChI is InChI=1S/C20H20N2O2/c1-3-10-24-17-6-4-15-13-22(20(23)18(15)12-17)16-5-7-19-14(11-16)8-9-21(19)2/h4-9,11-12H,3,10,13H2,1-2H3. The minimum absolute atomic E-state index is 0.0437. The molecule has 4 heteroatoms. The fraction of sp³-hybridized carbons (Fsp3) is 0.250. The Morgan fingerprint density at radius 2 is 2.00 bits per heavy atom. The highest BCUT2D eigenvalue weighted by Gasteiger charge is 2.29. The van der Waals surface area contributed by atoms with Gasteiger partial charge in [-0.2, -0.15) is 0 Å². The zero-order valence-corrected chi connectivity index (χ0v) is 14.0. The molecule has 2 aromatic carbocycles. The van der Waals surface area contributed by atoms with Gasteiger partial charge in [-0.25, -0.2) is 0 Å². The van der Waals surface area contributed by atoms with Crippen molar-refractivity contribution in [2.45, 2.75) is 19.9 Å². The average Bonchev–Trinajstić information content (AvgIpc) is 3.13. The van der Waals surface area contributed by atoms with Crippen molar-refractivity contribution in [1.29, 1.82) is 0 Å². The van der Waals surface area contributed by atoms with E-state index < -0.39 is 0 Å². The zero-order chi connectivity index (χ0) is 16.7. The van der Waals surface area contributed by atoms with Crippen LogP contribution in [-0.2, 0) is 13.6 Å². The van der Waals surface area contributed by atoms with Gasteiger partial charge in [-0.3, -0.25) is 4.79 Å². The second-order valence-electron chi connectivity index (χ2n) is 6.23. The number of carbonyl (C=O) groups excluding carboxylic acids is 1. The van der Waals surface area contributed by atoms with Crippen LogP contribution in [0.2, 0.25) is 0 Å². The highest BCUT2D eigenvalue weighted by Crippen LogP contribution is 2.32. The summed E-state index contributed by atoms with van der Waals surface area (Å²) >= 11 is 0. The molecule has 0 atom stereocenters. The van der Waals surface area contributed by atoms with Crippen LogP contribution >= 0.6 is 0 Å². The molecule has 0 N–H and O–H groups in total. The van der Waals surface area contributed by atoms with Crippen LogP contribution in [0.3, 0.4) is 0 Å². The molecule has 4 nitrogen and oxygen atoms in total. The maximum Gasteiger partial charge on any atom is 0.259 e. The van der Waals surface area contributed by atoms with Gasteiger partial charge in [-0.1, -0.05) is 13.0 Å². The van der Waals surface area contributed by atoms with E-state index in [1.165, 1.54) is 0 Å². The summed E-state index contributed by atoms with van der Waals surface area (Å²) in [5, 5.41) is 1.14. The van der Waals surface area contributed by atoms with Gasteiger partial charge in [0, 0.05) is 35.4 Å². The summed E-state index contributed by atoms with van der Waals surface area (Å²) in [5.74, 6) is 0.812. The van der Waals surface area contributed by atoms with E-state index in [1.807, 2.05) is 42.4 Å². The second kappa shape index (κ2) is 5.71. The highest BCUT2D eigenvalue weighted by atomic mass is 16.5. The first-order valence-corrected chi connectivity index (χ1v) is 8.30. The number of hydrogen-bond acceptors (Lipinski definition) is 2. The first-order chi connectivity index (χ1) is 11.7. The van der Waals surface area contributed by atoms with Crippen molar-refractivity contribution in [2.75, 3.05) is 11.5 Å². The Bertz CT molecular complexity index is 927. The molecule has 0 bridgehead atoms. The SMILES string of the molecule is CCCOc1ccc2c(c1)C(=O)N(c1ccc3c(ccn3C)c1)C2. The summed E-state index contributed by atoms with van der Waals surface area (Å²) in [4.78, 5) is 14.7. The Morgan fingerprint density at radius 3 is 2.83 bits per heavy atom. The third kappa shape index (κ3) is 2.35. The molecule has 0 radical (unpaired) electrons. The van der Waals surface area contributed by atoms with E-state index in [-0.39, 0.29) is 5.91 Å². The van der Waals surface area contributed by atoms with Crippen molar-refractivity contribution in [3.05, 3.63) is 59.8 Å². The first kappa shape index (κ1) is 14.8. The normalized spacial score (nSPS) is 13.6. The molecule has 1 aliphatic heterocycles. The topological polar surface area (TPSA) is 34.5 Å². The van der Waals surface area contributed by atoms with Gasteiger partial charge in [-0.15, -0.1) is 0 Å². The smallest absolute Gasteiger partial charge is 0.259 e. The number of hydrogen-bond donors (Lipinski definition) is 0. The predicted molar refractivity (Wildman–Crippen MR) is 95.7 cm³/mol. The van der Waals surface area contributed by atoms with Gasteiger partial charge >= 0.3 is 0 Å². The molecular formula is C20H20N2O2. The molecule has 0 saturated heterocycles. The number of aryl methyl sites for hydroxylation is 1. The lowest BCUT2D eigenvalue weighted by molar-refractivity contribution is 0.0996. The van der Waals surface area contributed by atoms with Gasteiger partial charge < -0.3 is 14.2 Å². The van der Waals surface area contributed by atoms with E-state index in [0.29, 0.717) is 13.2 Å². The lowest BCUT2D eigenvalue weighted by Gasteiger charge is -2.16. The maximum absolute atomic E-state index is 12.8. The number of rotatable bonds is 4. The summed E-state index contributed by atoms with van der Waals surface area (Å²) in [7, 11) is 2.02. The van der Waals surface area contributed by atoms with Crippen molar-refractivity contribution in [1.82, 2.24) is 4.57 Å². The van der Waals surface area contributed by atoms with Gasteiger partial charge in [0.05, 0.1) is 13.2 Å². The average molecular weight is 320 g/mol. The molecule has 2 heterocycles. The summed E-state index contributed by atoms with van der Waals surface area (Å²) < 4.78 is 7.74. The Morgan fingerprint density at radius 1 is 1.12 bits per heavy atom. The van der Waals surface area contributed by atoms with Crippen LogP contribution in [0.25, 0.3) is 10.9 Å². The van der Waals surface area contributed by atoms with E-state index in [0.717, 1.165) is 39.9 Å². The van der Waals surface area contributed by atoms with Crippen LogP contribution in [0.4, 0.5) is 5.69 Å². The van der Waals surface area contributed by atoms with E-state index >= 15 is 0 Å². The lowest BCUT2D eigenvalue weighted by atomic mass is 10.1. The number of ether oxygens (including phenoxy) is 1. The second-order valence-corrected chi connectivity index (χ2v) is 6.23. The van der Waals surface area contributed by atoms with Gasteiger partial charge in [0.2, 0.25) is 0 Å². The Labute approximate surface area is 141 Å². The molecular weight excluding hydrogens is 300 g/mol. The third-order valence-corrected chi connectivity index (χ3v) is 4.54. The Hall–Kier alpha value is -2.75. The van der Waals surface area contributed by atoms with Crippen LogP contribution in [0.5, 0.6) is 5.75 Å². The summed E-state index contributed by atoms with van der Waals surface area (Å²) in [6.07, 6.45) is 2.99. The van der Waals surface area contributed by atoms with Gasteiger partial charge in [0.15, 0.2) is 0 Å². The van der Waals surface area contributed by atoms with Crippen molar-refractivity contribution >= 4 is 22.5 Å². The van der Waals surface area contributed by atoms with Gasteiger partial charge in [0.25, 0.3) is 5.91 Å². The van der Waals surface area contributed by atoms with Crippen LogP contribution in [0.15, 0.2) is 48.7 Å². The van der Waals surface area contributed by atoms with Gasteiger partial charge in [0.1, 0.15) is 5.75 Å². The van der Waals surface area contributed by atoms with E-state index in [2.05, 4.69) is 29.7 Å². The number of nitrogens with zero attached hydrogens (tertiary/aromatic N) is 2. The molecule has 24 heavy (non-hydrogen) atoms. The number of anilines is 1. The van der Waals surface area contributed by atoms with Crippen LogP contribution in [0.1, 0.15) is 29.3 Å². The van der Waals surface area contributed by atoms with Crippen molar-refractivity contribution in [2.24, 2.45) is 7.05 Å².